The summed E-state index contributed by atoms with van der Waals surface area (Å²) in [5.74, 6) is 6.70. The first-order valence-corrected chi connectivity index (χ1v) is 5.98. The molecule has 0 fully saturated rings. The van der Waals surface area contributed by atoms with E-state index in [1.165, 1.54) is 11.1 Å². The normalized spacial score (nSPS) is 13.2. The molecular formula is C11H14BrNO3. The molecule has 0 aromatic heterocycles. The van der Waals surface area contributed by atoms with E-state index in [1.807, 2.05) is 6.07 Å². The van der Waals surface area contributed by atoms with Crippen LogP contribution in [0.25, 0.3) is 0 Å². The number of halogens is 1. The van der Waals surface area contributed by atoms with Gasteiger partial charge in [-0.25, -0.2) is 5.90 Å². The van der Waals surface area contributed by atoms with Crippen molar-refractivity contribution in [1.82, 2.24) is 0 Å². The Bertz CT molecular complexity index is 395. The summed E-state index contributed by atoms with van der Waals surface area (Å²) in [6, 6.07) is 2.05. The van der Waals surface area contributed by atoms with Crippen LogP contribution >= 0.6 is 15.9 Å². The second kappa shape index (κ2) is 5.03. The van der Waals surface area contributed by atoms with Crippen molar-refractivity contribution < 1.29 is 14.3 Å². The topological polar surface area (TPSA) is 53.7 Å². The lowest BCUT2D eigenvalue weighted by molar-refractivity contribution is 0.141. The van der Waals surface area contributed by atoms with Crippen LogP contribution in [-0.4, -0.2) is 13.4 Å². The molecule has 0 amide bonds. The highest BCUT2D eigenvalue weighted by molar-refractivity contribution is 9.10. The number of rotatable bonds is 4. The average Bonchev–Trinajstić information content (AvgIpc) is 2.76. The van der Waals surface area contributed by atoms with Gasteiger partial charge in [0, 0.05) is 5.56 Å². The Morgan fingerprint density at radius 2 is 2.19 bits per heavy atom. The van der Waals surface area contributed by atoms with Crippen LogP contribution in [-0.2, 0) is 17.7 Å². The molecule has 0 unspecified atom stereocenters. The van der Waals surface area contributed by atoms with E-state index < -0.39 is 0 Å². The van der Waals surface area contributed by atoms with Crippen molar-refractivity contribution in [3.8, 4) is 11.5 Å². The molecule has 1 aliphatic rings. The zero-order valence-electron chi connectivity index (χ0n) is 9.09. The molecule has 0 spiro atoms. The zero-order chi connectivity index (χ0) is 11.5. The van der Waals surface area contributed by atoms with Crippen molar-refractivity contribution in [1.29, 1.82) is 0 Å². The maximum Gasteiger partial charge on any atom is 0.231 e. The van der Waals surface area contributed by atoms with Gasteiger partial charge in [-0.3, -0.25) is 0 Å². The third-order valence-electron chi connectivity index (χ3n) is 2.64. The van der Waals surface area contributed by atoms with E-state index in [4.69, 9.17) is 15.4 Å². The summed E-state index contributed by atoms with van der Waals surface area (Å²) >= 11 is 3.48. The lowest BCUT2D eigenvalue weighted by atomic mass is 10.0. The molecule has 0 saturated heterocycles. The minimum atomic E-state index is 0.289. The van der Waals surface area contributed by atoms with Crippen molar-refractivity contribution in [2.45, 2.75) is 19.8 Å². The highest BCUT2D eigenvalue weighted by Gasteiger charge is 2.23. The van der Waals surface area contributed by atoms with Gasteiger partial charge in [0.25, 0.3) is 0 Å². The number of ether oxygens (including phenoxy) is 2. The van der Waals surface area contributed by atoms with E-state index in [1.54, 1.807) is 0 Å². The van der Waals surface area contributed by atoms with Crippen molar-refractivity contribution in [3.63, 3.8) is 0 Å². The van der Waals surface area contributed by atoms with Crippen molar-refractivity contribution in [2.75, 3.05) is 13.4 Å². The molecule has 1 aromatic rings. The first kappa shape index (κ1) is 11.7. The summed E-state index contributed by atoms with van der Waals surface area (Å²) < 4.78 is 11.8. The Hall–Kier alpha value is -0.780. The Kier molecular flexibility index (Phi) is 3.68. The number of fused-ring (bicyclic) bond motifs is 1. The van der Waals surface area contributed by atoms with E-state index in [-0.39, 0.29) is 6.79 Å². The lowest BCUT2D eigenvalue weighted by Gasteiger charge is -2.11. The van der Waals surface area contributed by atoms with Crippen molar-refractivity contribution in [2.24, 2.45) is 5.90 Å². The summed E-state index contributed by atoms with van der Waals surface area (Å²) in [7, 11) is 0. The largest absolute Gasteiger partial charge is 0.453 e. The van der Waals surface area contributed by atoms with Crippen LogP contribution < -0.4 is 15.4 Å². The SMILES string of the molecule is CCc1c(CCON)cc(Br)c2c1OCO2. The number of benzene rings is 1. The van der Waals surface area contributed by atoms with Crippen LogP contribution in [0.4, 0.5) is 0 Å². The Morgan fingerprint density at radius 1 is 1.44 bits per heavy atom. The first-order valence-electron chi connectivity index (χ1n) is 5.19. The minimum absolute atomic E-state index is 0.289. The van der Waals surface area contributed by atoms with E-state index in [2.05, 4.69) is 27.7 Å². The van der Waals surface area contributed by atoms with E-state index in [0.29, 0.717) is 6.61 Å². The average molecular weight is 288 g/mol. The van der Waals surface area contributed by atoms with Crippen LogP contribution in [0.1, 0.15) is 18.1 Å². The molecule has 1 aromatic carbocycles. The van der Waals surface area contributed by atoms with Gasteiger partial charge in [0.15, 0.2) is 11.5 Å². The van der Waals surface area contributed by atoms with Crippen molar-refractivity contribution >= 4 is 15.9 Å². The van der Waals surface area contributed by atoms with Gasteiger partial charge in [-0.2, -0.15) is 0 Å². The quantitative estimate of drug-likeness (QED) is 0.863. The molecule has 0 aliphatic carbocycles. The summed E-state index contributed by atoms with van der Waals surface area (Å²) in [5, 5.41) is 0. The fourth-order valence-electron chi connectivity index (χ4n) is 1.91. The third-order valence-corrected chi connectivity index (χ3v) is 3.22. The second-order valence-electron chi connectivity index (χ2n) is 3.54. The smallest absolute Gasteiger partial charge is 0.231 e. The molecule has 16 heavy (non-hydrogen) atoms. The van der Waals surface area contributed by atoms with Gasteiger partial charge in [-0.05, 0) is 40.4 Å². The first-order chi connectivity index (χ1) is 7.77. The molecule has 0 atom stereocenters. The molecular weight excluding hydrogens is 274 g/mol. The summed E-state index contributed by atoms with van der Waals surface area (Å²) in [6.07, 6.45) is 1.67. The van der Waals surface area contributed by atoms with Crippen LogP contribution in [0.3, 0.4) is 0 Å². The van der Waals surface area contributed by atoms with Gasteiger partial charge in [0.1, 0.15) is 0 Å². The Labute approximate surface area is 103 Å². The van der Waals surface area contributed by atoms with Crippen LogP contribution in [0.2, 0.25) is 0 Å². The summed E-state index contributed by atoms with van der Waals surface area (Å²) in [5.41, 5.74) is 2.36. The third kappa shape index (κ3) is 2.03. The molecule has 0 radical (unpaired) electrons. The molecule has 0 bridgehead atoms. The van der Waals surface area contributed by atoms with E-state index in [9.17, 15) is 0 Å². The molecule has 2 rings (SSSR count). The van der Waals surface area contributed by atoms with Gasteiger partial charge in [0.2, 0.25) is 6.79 Å². The predicted molar refractivity (Wildman–Crippen MR) is 63.5 cm³/mol. The zero-order valence-corrected chi connectivity index (χ0v) is 10.7. The summed E-state index contributed by atoms with van der Waals surface area (Å²) in [6.45, 7) is 2.88. The lowest BCUT2D eigenvalue weighted by Crippen LogP contribution is -2.06. The molecule has 5 heteroatoms. The van der Waals surface area contributed by atoms with Crippen LogP contribution in [0, 0.1) is 0 Å². The fourth-order valence-corrected chi connectivity index (χ4v) is 2.48. The molecule has 2 N–H and O–H groups in total. The van der Waals surface area contributed by atoms with Gasteiger partial charge in [-0.1, -0.05) is 6.92 Å². The van der Waals surface area contributed by atoms with Crippen molar-refractivity contribution in [3.05, 3.63) is 21.7 Å². The van der Waals surface area contributed by atoms with E-state index in [0.717, 1.165) is 28.8 Å². The second-order valence-corrected chi connectivity index (χ2v) is 4.39. The maximum atomic E-state index is 5.50. The molecule has 0 saturated carbocycles. The van der Waals surface area contributed by atoms with Gasteiger partial charge in [0.05, 0.1) is 11.1 Å². The van der Waals surface area contributed by atoms with Crippen LogP contribution in [0.5, 0.6) is 11.5 Å². The molecule has 1 heterocycles. The maximum absolute atomic E-state index is 5.50. The van der Waals surface area contributed by atoms with Gasteiger partial charge < -0.3 is 14.3 Å². The molecule has 4 nitrogen and oxygen atoms in total. The molecule has 88 valence electrons. The number of hydrogen-bond donors (Lipinski definition) is 1. The fraction of sp³-hybridized carbons (Fsp3) is 0.455. The number of nitrogens with two attached hydrogens (primary N) is 1. The highest BCUT2D eigenvalue weighted by Crippen LogP contribution is 2.43. The standard InChI is InChI=1S/C11H14BrNO3/c1-2-8-7(3-4-16-13)5-9(12)11-10(8)14-6-15-11/h5H,2-4,6,13H2,1H3. The number of hydrogen-bond acceptors (Lipinski definition) is 4. The monoisotopic (exact) mass is 287 g/mol. The summed E-state index contributed by atoms with van der Waals surface area (Å²) in [4.78, 5) is 4.62. The van der Waals surface area contributed by atoms with E-state index >= 15 is 0 Å². The minimum Gasteiger partial charge on any atom is -0.453 e. The molecule has 1 aliphatic heterocycles. The Morgan fingerprint density at radius 3 is 2.88 bits per heavy atom. The highest BCUT2D eigenvalue weighted by atomic mass is 79.9. The van der Waals surface area contributed by atoms with Crippen LogP contribution in [0.15, 0.2) is 10.5 Å². The van der Waals surface area contributed by atoms with Gasteiger partial charge in [-0.15, -0.1) is 0 Å². The van der Waals surface area contributed by atoms with Gasteiger partial charge >= 0.3 is 0 Å². The Balaban J connectivity index is 2.41. The predicted octanol–water partition coefficient (Wildman–Crippen LogP) is 2.17.